The Morgan fingerprint density at radius 1 is 1.00 bits per heavy atom. The van der Waals surface area contributed by atoms with Crippen molar-refractivity contribution in [3.63, 3.8) is 0 Å². The van der Waals surface area contributed by atoms with Crippen LogP contribution in [0.4, 0.5) is 0 Å². The second-order valence-corrected chi connectivity index (χ2v) is 4.54. The molecule has 0 aliphatic rings. The van der Waals surface area contributed by atoms with Gasteiger partial charge in [0.25, 0.3) is 0 Å². The Bertz CT molecular complexity index is 709. The number of para-hydroxylation sites is 1. The SMILES string of the molecule is Cc1noc(C)c1-c1ccc2cccc(C)c2n1. The summed E-state index contributed by atoms with van der Waals surface area (Å²) in [5.74, 6) is 0.813. The number of hydrogen-bond acceptors (Lipinski definition) is 3. The van der Waals surface area contributed by atoms with Crippen LogP contribution < -0.4 is 0 Å². The molecular formula is C15H14N2O. The highest BCUT2D eigenvalue weighted by molar-refractivity contribution is 5.84. The first-order valence-corrected chi connectivity index (χ1v) is 5.96. The normalized spacial score (nSPS) is 11.1. The minimum Gasteiger partial charge on any atom is -0.361 e. The van der Waals surface area contributed by atoms with Gasteiger partial charge in [0, 0.05) is 5.39 Å². The molecule has 0 fully saturated rings. The summed E-state index contributed by atoms with van der Waals surface area (Å²) >= 11 is 0. The third kappa shape index (κ3) is 1.59. The second-order valence-electron chi connectivity index (χ2n) is 4.54. The number of aromatic nitrogens is 2. The van der Waals surface area contributed by atoms with Crippen molar-refractivity contribution in [2.24, 2.45) is 0 Å². The minimum atomic E-state index is 0.813. The molecule has 0 bridgehead atoms. The summed E-state index contributed by atoms with van der Waals surface area (Å²) < 4.78 is 5.20. The Hall–Kier alpha value is -2.16. The summed E-state index contributed by atoms with van der Waals surface area (Å²) in [7, 11) is 0. The Kier molecular flexibility index (Phi) is 2.40. The molecule has 2 heterocycles. The van der Waals surface area contributed by atoms with Crippen molar-refractivity contribution in [1.29, 1.82) is 0 Å². The number of rotatable bonds is 1. The maximum Gasteiger partial charge on any atom is 0.143 e. The van der Waals surface area contributed by atoms with Crippen molar-refractivity contribution < 1.29 is 4.52 Å². The van der Waals surface area contributed by atoms with E-state index < -0.39 is 0 Å². The first-order valence-electron chi connectivity index (χ1n) is 5.96. The Balaban J connectivity index is 2.29. The highest BCUT2D eigenvalue weighted by atomic mass is 16.5. The third-order valence-corrected chi connectivity index (χ3v) is 3.21. The van der Waals surface area contributed by atoms with Gasteiger partial charge in [-0.2, -0.15) is 0 Å². The predicted molar refractivity (Wildman–Crippen MR) is 71.5 cm³/mol. The van der Waals surface area contributed by atoms with Gasteiger partial charge in [0.05, 0.1) is 22.5 Å². The number of nitrogens with zero attached hydrogens (tertiary/aromatic N) is 2. The van der Waals surface area contributed by atoms with Crippen LogP contribution in [0, 0.1) is 20.8 Å². The van der Waals surface area contributed by atoms with E-state index in [-0.39, 0.29) is 0 Å². The molecule has 90 valence electrons. The van der Waals surface area contributed by atoms with Gasteiger partial charge >= 0.3 is 0 Å². The summed E-state index contributed by atoms with van der Waals surface area (Å²) in [6, 6.07) is 10.3. The first-order chi connectivity index (χ1) is 8.66. The summed E-state index contributed by atoms with van der Waals surface area (Å²) in [5.41, 5.74) is 5.03. The third-order valence-electron chi connectivity index (χ3n) is 3.21. The topological polar surface area (TPSA) is 38.9 Å². The number of hydrogen-bond donors (Lipinski definition) is 0. The van der Waals surface area contributed by atoms with E-state index in [0.29, 0.717) is 0 Å². The zero-order chi connectivity index (χ0) is 12.7. The van der Waals surface area contributed by atoms with Gasteiger partial charge in [-0.1, -0.05) is 29.4 Å². The van der Waals surface area contributed by atoms with Gasteiger partial charge in [0.15, 0.2) is 0 Å². The van der Waals surface area contributed by atoms with Crippen LogP contribution in [0.2, 0.25) is 0 Å². The Morgan fingerprint density at radius 2 is 1.83 bits per heavy atom. The summed E-state index contributed by atoms with van der Waals surface area (Å²) in [5, 5.41) is 5.14. The van der Waals surface area contributed by atoms with Gasteiger partial charge < -0.3 is 4.52 Å². The van der Waals surface area contributed by atoms with Crippen LogP contribution in [0.1, 0.15) is 17.0 Å². The number of pyridine rings is 1. The fourth-order valence-corrected chi connectivity index (χ4v) is 2.28. The van der Waals surface area contributed by atoms with Crippen molar-refractivity contribution in [1.82, 2.24) is 10.1 Å². The van der Waals surface area contributed by atoms with E-state index in [4.69, 9.17) is 9.51 Å². The average molecular weight is 238 g/mol. The molecule has 0 aliphatic carbocycles. The molecule has 0 saturated carbocycles. The van der Waals surface area contributed by atoms with Crippen LogP contribution in [0.25, 0.3) is 22.2 Å². The lowest BCUT2D eigenvalue weighted by molar-refractivity contribution is 0.393. The molecule has 0 unspecified atom stereocenters. The molecule has 3 nitrogen and oxygen atoms in total. The molecule has 0 N–H and O–H groups in total. The molecule has 2 aromatic heterocycles. The largest absolute Gasteiger partial charge is 0.361 e. The smallest absolute Gasteiger partial charge is 0.143 e. The van der Waals surface area contributed by atoms with Gasteiger partial charge in [0.2, 0.25) is 0 Å². The molecule has 3 aromatic rings. The van der Waals surface area contributed by atoms with Crippen LogP contribution in [0.3, 0.4) is 0 Å². The Labute approximate surface area is 105 Å². The number of fused-ring (bicyclic) bond motifs is 1. The molecule has 0 radical (unpaired) electrons. The van der Waals surface area contributed by atoms with Crippen LogP contribution in [0.5, 0.6) is 0 Å². The molecule has 0 atom stereocenters. The maximum atomic E-state index is 5.20. The van der Waals surface area contributed by atoms with Crippen molar-refractivity contribution in [2.75, 3.05) is 0 Å². The van der Waals surface area contributed by atoms with E-state index in [0.717, 1.165) is 33.6 Å². The van der Waals surface area contributed by atoms with E-state index in [9.17, 15) is 0 Å². The van der Waals surface area contributed by atoms with Crippen molar-refractivity contribution in [3.8, 4) is 11.3 Å². The summed E-state index contributed by atoms with van der Waals surface area (Å²) in [6.45, 7) is 5.93. The molecule has 1 aromatic carbocycles. The lowest BCUT2D eigenvalue weighted by Crippen LogP contribution is -1.89. The quantitative estimate of drug-likeness (QED) is 0.647. The average Bonchev–Trinajstić information content (AvgIpc) is 2.69. The summed E-state index contributed by atoms with van der Waals surface area (Å²) in [6.07, 6.45) is 0. The number of aryl methyl sites for hydroxylation is 3. The van der Waals surface area contributed by atoms with Crippen molar-refractivity contribution in [2.45, 2.75) is 20.8 Å². The molecule has 0 amide bonds. The molecule has 0 saturated heterocycles. The molecule has 3 heteroatoms. The highest BCUT2D eigenvalue weighted by Gasteiger charge is 2.13. The fraction of sp³-hybridized carbons (Fsp3) is 0.200. The predicted octanol–water partition coefficient (Wildman–Crippen LogP) is 3.82. The van der Waals surface area contributed by atoms with Gasteiger partial charge in [-0.3, -0.25) is 0 Å². The summed E-state index contributed by atoms with van der Waals surface area (Å²) in [4.78, 5) is 4.74. The first kappa shape index (κ1) is 11.0. The lowest BCUT2D eigenvalue weighted by Gasteiger charge is -2.04. The molecule has 18 heavy (non-hydrogen) atoms. The fourth-order valence-electron chi connectivity index (χ4n) is 2.28. The van der Waals surface area contributed by atoms with Crippen LogP contribution in [0.15, 0.2) is 34.9 Å². The zero-order valence-electron chi connectivity index (χ0n) is 10.7. The van der Waals surface area contributed by atoms with E-state index >= 15 is 0 Å². The van der Waals surface area contributed by atoms with Gasteiger partial charge in [0.1, 0.15) is 5.76 Å². The van der Waals surface area contributed by atoms with Gasteiger partial charge in [-0.05, 0) is 32.4 Å². The van der Waals surface area contributed by atoms with E-state index in [2.05, 4.69) is 36.3 Å². The van der Waals surface area contributed by atoms with Crippen LogP contribution >= 0.6 is 0 Å². The van der Waals surface area contributed by atoms with Crippen LogP contribution in [-0.2, 0) is 0 Å². The monoisotopic (exact) mass is 238 g/mol. The van der Waals surface area contributed by atoms with E-state index in [1.807, 2.05) is 19.9 Å². The molecular weight excluding hydrogens is 224 g/mol. The van der Waals surface area contributed by atoms with Gasteiger partial charge in [-0.15, -0.1) is 0 Å². The standard InChI is InChI=1S/C15H14N2O/c1-9-5-4-6-12-7-8-13(16-15(9)12)14-10(2)17-18-11(14)3/h4-8H,1-3H3. The van der Waals surface area contributed by atoms with Crippen molar-refractivity contribution >= 4 is 10.9 Å². The van der Waals surface area contributed by atoms with Gasteiger partial charge in [-0.25, -0.2) is 4.98 Å². The second kappa shape index (κ2) is 3.95. The van der Waals surface area contributed by atoms with Crippen molar-refractivity contribution in [3.05, 3.63) is 47.3 Å². The molecule has 3 rings (SSSR count). The number of benzene rings is 1. The minimum absolute atomic E-state index is 0.813. The van der Waals surface area contributed by atoms with E-state index in [1.54, 1.807) is 0 Å². The Morgan fingerprint density at radius 3 is 2.56 bits per heavy atom. The lowest BCUT2D eigenvalue weighted by atomic mass is 10.1. The maximum absolute atomic E-state index is 5.20. The highest BCUT2D eigenvalue weighted by Crippen LogP contribution is 2.27. The van der Waals surface area contributed by atoms with Crippen LogP contribution in [-0.4, -0.2) is 10.1 Å². The van der Waals surface area contributed by atoms with E-state index in [1.165, 1.54) is 5.56 Å². The molecule has 0 spiro atoms. The zero-order valence-corrected chi connectivity index (χ0v) is 10.7. The molecule has 0 aliphatic heterocycles.